The highest BCUT2D eigenvalue weighted by Crippen LogP contribution is 2.33. The molecule has 2 heterocycles. The van der Waals surface area contributed by atoms with Crippen molar-refractivity contribution in [2.75, 3.05) is 29.0 Å². The molecule has 29 heavy (non-hydrogen) atoms. The summed E-state index contributed by atoms with van der Waals surface area (Å²) in [6.45, 7) is 3.92. The molecule has 150 valence electrons. The van der Waals surface area contributed by atoms with Gasteiger partial charge >= 0.3 is 0 Å². The van der Waals surface area contributed by atoms with E-state index in [1.54, 1.807) is 6.33 Å². The van der Waals surface area contributed by atoms with Crippen molar-refractivity contribution in [1.82, 2.24) is 9.97 Å². The number of piperidine rings is 1. The van der Waals surface area contributed by atoms with Crippen molar-refractivity contribution in [3.05, 3.63) is 71.0 Å². The second-order valence-electron chi connectivity index (χ2n) is 7.66. The molecule has 5 nitrogen and oxygen atoms in total. The van der Waals surface area contributed by atoms with Crippen molar-refractivity contribution < 1.29 is 0 Å². The summed E-state index contributed by atoms with van der Waals surface area (Å²) in [5.41, 5.74) is 10.4. The molecular weight excluding hydrogens is 382 g/mol. The summed E-state index contributed by atoms with van der Waals surface area (Å²) in [5, 5.41) is 4.04. The summed E-state index contributed by atoms with van der Waals surface area (Å²) in [6, 6.07) is 16.4. The fraction of sp³-hybridized carbons (Fsp3) is 0.304. The number of nitrogens with two attached hydrogens (primary N) is 1. The van der Waals surface area contributed by atoms with Gasteiger partial charge in [-0.3, -0.25) is 0 Å². The van der Waals surface area contributed by atoms with Crippen LogP contribution in [0.5, 0.6) is 0 Å². The van der Waals surface area contributed by atoms with Gasteiger partial charge in [-0.05, 0) is 61.4 Å². The number of aromatic nitrogens is 2. The van der Waals surface area contributed by atoms with Gasteiger partial charge in [-0.25, -0.2) is 9.97 Å². The molecule has 0 unspecified atom stereocenters. The second-order valence-corrected chi connectivity index (χ2v) is 8.10. The molecule has 0 atom stereocenters. The number of benzene rings is 2. The minimum atomic E-state index is 0.586. The van der Waals surface area contributed by atoms with Crippen LogP contribution in [-0.4, -0.2) is 23.1 Å². The first-order valence-electron chi connectivity index (χ1n) is 10.0. The first kappa shape index (κ1) is 19.5. The molecule has 0 radical (unpaired) electrons. The maximum Gasteiger partial charge on any atom is 0.159 e. The van der Waals surface area contributed by atoms with Crippen LogP contribution < -0.4 is 16.0 Å². The largest absolute Gasteiger partial charge is 0.393 e. The maximum atomic E-state index is 6.44. The first-order valence-corrected chi connectivity index (χ1v) is 10.4. The van der Waals surface area contributed by atoms with Gasteiger partial charge in [0, 0.05) is 23.8 Å². The molecule has 4 rings (SSSR count). The highest BCUT2D eigenvalue weighted by molar-refractivity contribution is 6.30. The summed E-state index contributed by atoms with van der Waals surface area (Å²) in [4.78, 5) is 11.1. The Hall–Kier alpha value is -2.79. The quantitative estimate of drug-likeness (QED) is 0.606. The fourth-order valence-corrected chi connectivity index (χ4v) is 4.16. The molecule has 1 aromatic heterocycles. The Morgan fingerprint density at radius 1 is 1.10 bits per heavy atom. The van der Waals surface area contributed by atoms with E-state index >= 15 is 0 Å². The molecule has 0 amide bonds. The van der Waals surface area contributed by atoms with Gasteiger partial charge in [0.15, 0.2) is 11.6 Å². The third-order valence-corrected chi connectivity index (χ3v) is 5.82. The van der Waals surface area contributed by atoms with Crippen LogP contribution in [0.25, 0.3) is 0 Å². The highest BCUT2D eigenvalue weighted by atomic mass is 35.5. The van der Waals surface area contributed by atoms with Gasteiger partial charge in [-0.2, -0.15) is 0 Å². The molecule has 2 aromatic carbocycles. The number of hydrogen-bond donors (Lipinski definition) is 2. The van der Waals surface area contributed by atoms with Crippen molar-refractivity contribution >= 4 is 34.6 Å². The molecule has 1 aliphatic rings. The highest BCUT2D eigenvalue weighted by Gasteiger charge is 2.23. The van der Waals surface area contributed by atoms with E-state index in [-0.39, 0.29) is 0 Å². The second kappa shape index (κ2) is 8.70. The predicted octanol–water partition coefficient (Wildman–Crippen LogP) is 5.22. The number of nitrogens with one attached hydrogen (secondary N) is 1. The fourth-order valence-electron chi connectivity index (χ4n) is 3.93. The van der Waals surface area contributed by atoms with E-state index in [0.29, 0.717) is 22.4 Å². The van der Waals surface area contributed by atoms with Gasteiger partial charge in [0.1, 0.15) is 12.0 Å². The Labute approximate surface area is 176 Å². The maximum absolute atomic E-state index is 6.44. The average Bonchev–Trinajstić information content (AvgIpc) is 2.73. The lowest BCUT2D eigenvalue weighted by Gasteiger charge is -2.33. The molecule has 1 aliphatic heterocycles. The predicted molar refractivity (Wildman–Crippen MR) is 121 cm³/mol. The topological polar surface area (TPSA) is 67.1 Å². The number of rotatable bonds is 5. The molecule has 0 saturated carbocycles. The third-order valence-electron chi connectivity index (χ3n) is 5.59. The third kappa shape index (κ3) is 4.62. The normalized spacial score (nSPS) is 14.8. The van der Waals surface area contributed by atoms with Crippen molar-refractivity contribution in [2.24, 2.45) is 5.92 Å². The van der Waals surface area contributed by atoms with Gasteiger partial charge in [0.05, 0.1) is 0 Å². The number of aryl methyl sites for hydroxylation is 1. The summed E-state index contributed by atoms with van der Waals surface area (Å²) >= 11 is 6.06. The molecule has 6 heteroatoms. The monoisotopic (exact) mass is 407 g/mol. The van der Waals surface area contributed by atoms with Gasteiger partial charge in [0.25, 0.3) is 0 Å². The standard InChI is InChI=1S/C23H26ClN5/c1-16-13-19(24)7-8-20(16)28-22-21(25)23(27-15-26-22)29-11-9-18(10-12-29)14-17-5-3-2-4-6-17/h2-8,13,15,18H,9-12,14,25H2,1H3,(H,26,27,28). The molecule has 0 bridgehead atoms. The SMILES string of the molecule is Cc1cc(Cl)ccc1Nc1ncnc(N2CCC(Cc3ccccc3)CC2)c1N. The first-order chi connectivity index (χ1) is 14.1. The number of nitrogens with zero attached hydrogens (tertiary/aromatic N) is 3. The van der Waals surface area contributed by atoms with E-state index in [2.05, 4.69) is 50.5 Å². The number of hydrogen-bond acceptors (Lipinski definition) is 5. The lowest BCUT2D eigenvalue weighted by Crippen LogP contribution is -2.35. The average molecular weight is 408 g/mol. The van der Waals surface area contributed by atoms with E-state index in [1.165, 1.54) is 5.56 Å². The molecule has 1 fully saturated rings. The van der Waals surface area contributed by atoms with Crippen LogP contribution in [-0.2, 0) is 6.42 Å². The molecule has 1 saturated heterocycles. The molecule has 3 aromatic rings. The summed E-state index contributed by atoms with van der Waals surface area (Å²) in [5.74, 6) is 2.14. The molecule has 3 N–H and O–H groups in total. The van der Waals surface area contributed by atoms with E-state index in [9.17, 15) is 0 Å². The smallest absolute Gasteiger partial charge is 0.159 e. The lowest BCUT2D eigenvalue weighted by atomic mass is 9.90. The molecular formula is C23H26ClN5. The van der Waals surface area contributed by atoms with Crippen molar-refractivity contribution in [1.29, 1.82) is 0 Å². The summed E-state index contributed by atoms with van der Waals surface area (Å²) in [6.07, 6.45) is 4.99. The number of anilines is 4. The lowest BCUT2D eigenvalue weighted by molar-refractivity contribution is 0.402. The Bertz CT molecular complexity index is 968. The van der Waals surface area contributed by atoms with Crippen molar-refractivity contribution in [2.45, 2.75) is 26.2 Å². The van der Waals surface area contributed by atoms with Gasteiger partial charge < -0.3 is 16.0 Å². The molecule has 0 aliphatic carbocycles. The summed E-state index contributed by atoms with van der Waals surface area (Å²) < 4.78 is 0. The van der Waals surface area contributed by atoms with Gasteiger partial charge in [0.2, 0.25) is 0 Å². The number of nitrogen functional groups attached to an aromatic ring is 1. The van der Waals surface area contributed by atoms with Crippen LogP contribution in [0.2, 0.25) is 5.02 Å². The van der Waals surface area contributed by atoms with Crippen LogP contribution in [0, 0.1) is 12.8 Å². The van der Waals surface area contributed by atoms with Gasteiger partial charge in [-0.15, -0.1) is 0 Å². The van der Waals surface area contributed by atoms with Crippen LogP contribution in [0.4, 0.5) is 23.0 Å². The Balaban J connectivity index is 1.44. The van der Waals surface area contributed by atoms with Crippen LogP contribution in [0.15, 0.2) is 54.9 Å². The van der Waals surface area contributed by atoms with Crippen molar-refractivity contribution in [3.63, 3.8) is 0 Å². The van der Waals surface area contributed by atoms with E-state index in [0.717, 1.165) is 49.4 Å². The molecule has 0 spiro atoms. The van der Waals surface area contributed by atoms with Crippen LogP contribution >= 0.6 is 11.6 Å². The zero-order valence-electron chi connectivity index (χ0n) is 16.6. The zero-order valence-corrected chi connectivity index (χ0v) is 17.4. The Morgan fingerprint density at radius 2 is 1.86 bits per heavy atom. The number of halogens is 1. The Morgan fingerprint density at radius 3 is 2.59 bits per heavy atom. The van der Waals surface area contributed by atoms with Gasteiger partial charge in [-0.1, -0.05) is 41.9 Å². The van der Waals surface area contributed by atoms with Crippen LogP contribution in [0.3, 0.4) is 0 Å². The minimum Gasteiger partial charge on any atom is -0.393 e. The van der Waals surface area contributed by atoms with Crippen LogP contribution in [0.1, 0.15) is 24.0 Å². The van der Waals surface area contributed by atoms with E-state index in [1.807, 2.05) is 25.1 Å². The Kier molecular flexibility index (Phi) is 5.86. The van der Waals surface area contributed by atoms with E-state index < -0.39 is 0 Å². The minimum absolute atomic E-state index is 0.586. The van der Waals surface area contributed by atoms with Crippen molar-refractivity contribution in [3.8, 4) is 0 Å². The van der Waals surface area contributed by atoms with E-state index in [4.69, 9.17) is 17.3 Å². The zero-order chi connectivity index (χ0) is 20.2. The summed E-state index contributed by atoms with van der Waals surface area (Å²) in [7, 11) is 0.